The second-order valence-electron chi connectivity index (χ2n) is 6.44. The zero-order valence-corrected chi connectivity index (χ0v) is 14.7. The van der Waals surface area contributed by atoms with Crippen LogP contribution in [0.25, 0.3) is 0 Å². The second kappa shape index (κ2) is 13.1. The van der Waals surface area contributed by atoms with Gasteiger partial charge in [0.15, 0.2) is 0 Å². The smallest absolute Gasteiger partial charge is 0.337 e. The Morgan fingerprint density at radius 2 is 1.43 bits per heavy atom. The molecule has 0 atom stereocenters. The fourth-order valence-electron chi connectivity index (χ4n) is 2.97. The lowest BCUT2D eigenvalue weighted by Crippen LogP contribution is -2.04. The van der Waals surface area contributed by atoms with E-state index in [0.29, 0.717) is 5.56 Å². The standard InChI is InChI=1S/C20H33NO2/c1-2-3-4-5-6-7-8-9-10-11-12-13-16-19-18(20(22)23)15-14-17-21-19/h14-15,17H,2-13,16H2,1H3,(H,22,23). The number of carbonyl (C=O) groups is 1. The van der Waals surface area contributed by atoms with Gasteiger partial charge in [0, 0.05) is 6.20 Å². The summed E-state index contributed by atoms with van der Waals surface area (Å²) in [5, 5.41) is 9.12. The van der Waals surface area contributed by atoms with E-state index in [1.807, 2.05) is 0 Å². The largest absolute Gasteiger partial charge is 0.478 e. The van der Waals surface area contributed by atoms with Gasteiger partial charge in [0.25, 0.3) is 0 Å². The van der Waals surface area contributed by atoms with Crippen molar-refractivity contribution in [2.24, 2.45) is 0 Å². The predicted molar refractivity (Wildman–Crippen MR) is 96.0 cm³/mol. The molecule has 3 nitrogen and oxygen atoms in total. The lowest BCUT2D eigenvalue weighted by Gasteiger charge is -2.05. The number of carboxylic acid groups (broad SMARTS) is 1. The molecule has 0 aliphatic rings. The normalized spacial score (nSPS) is 10.8. The summed E-state index contributed by atoms with van der Waals surface area (Å²) in [6.07, 6.45) is 18.3. The Labute approximate surface area is 141 Å². The number of unbranched alkanes of at least 4 members (excludes halogenated alkanes) is 11. The van der Waals surface area contributed by atoms with Gasteiger partial charge in [-0.05, 0) is 25.0 Å². The van der Waals surface area contributed by atoms with Gasteiger partial charge in [0.2, 0.25) is 0 Å². The number of rotatable bonds is 14. The Balaban J connectivity index is 1.97. The Morgan fingerprint density at radius 3 is 1.96 bits per heavy atom. The summed E-state index contributed by atoms with van der Waals surface area (Å²) in [4.78, 5) is 15.3. The van der Waals surface area contributed by atoms with Crippen molar-refractivity contribution in [1.82, 2.24) is 4.98 Å². The SMILES string of the molecule is CCCCCCCCCCCCCCc1ncccc1C(=O)O. The Hall–Kier alpha value is -1.38. The van der Waals surface area contributed by atoms with Crippen LogP contribution in [0.2, 0.25) is 0 Å². The lowest BCUT2D eigenvalue weighted by atomic mass is 10.0. The average Bonchev–Trinajstić information content (AvgIpc) is 2.56. The van der Waals surface area contributed by atoms with Gasteiger partial charge in [-0.2, -0.15) is 0 Å². The molecular weight excluding hydrogens is 286 g/mol. The zero-order valence-electron chi connectivity index (χ0n) is 14.7. The topological polar surface area (TPSA) is 50.2 Å². The third-order valence-corrected chi connectivity index (χ3v) is 4.39. The monoisotopic (exact) mass is 319 g/mol. The summed E-state index contributed by atoms with van der Waals surface area (Å²) in [7, 11) is 0. The second-order valence-corrected chi connectivity index (χ2v) is 6.44. The van der Waals surface area contributed by atoms with Crippen LogP contribution in [0.1, 0.15) is 100 Å². The van der Waals surface area contributed by atoms with E-state index in [1.165, 1.54) is 70.6 Å². The van der Waals surface area contributed by atoms with Gasteiger partial charge in [-0.3, -0.25) is 4.98 Å². The highest BCUT2D eigenvalue weighted by atomic mass is 16.4. The van der Waals surface area contributed by atoms with Gasteiger partial charge in [-0.25, -0.2) is 4.79 Å². The molecule has 0 aliphatic heterocycles. The zero-order chi connectivity index (χ0) is 16.8. The molecule has 1 heterocycles. The van der Waals surface area contributed by atoms with Crippen LogP contribution in [0.15, 0.2) is 18.3 Å². The summed E-state index contributed by atoms with van der Waals surface area (Å²) in [6.45, 7) is 2.26. The molecule has 1 aromatic rings. The highest BCUT2D eigenvalue weighted by Gasteiger charge is 2.09. The van der Waals surface area contributed by atoms with Gasteiger partial charge in [0.05, 0.1) is 11.3 Å². The Morgan fingerprint density at radius 1 is 0.913 bits per heavy atom. The Bertz CT molecular complexity index is 431. The van der Waals surface area contributed by atoms with E-state index >= 15 is 0 Å². The third-order valence-electron chi connectivity index (χ3n) is 4.39. The van der Waals surface area contributed by atoms with Crippen LogP contribution in [-0.4, -0.2) is 16.1 Å². The number of aromatic nitrogens is 1. The van der Waals surface area contributed by atoms with Crippen LogP contribution in [0, 0.1) is 0 Å². The van der Waals surface area contributed by atoms with E-state index in [1.54, 1.807) is 18.3 Å². The molecule has 0 amide bonds. The number of carboxylic acids is 1. The number of aromatic carboxylic acids is 1. The molecule has 0 aromatic carbocycles. The van der Waals surface area contributed by atoms with Crippen molar-refractivity contribution < 1.29 is 9.90 Å². The van der Waals surface area contributed by atoms with Crippen molar-refractivity contribution in [3.63, 3.8) is 0 Å². The molecule has 0 radical (unpaired) electrons. The fourth-order valence-corrected chi connectivity index (χ4v) is 2.97. The summed E-state index contributed by atoms with van der Waals surface area (Å²) in [5.41, 5.74) is 1.09. The van der Waals surface area contributed by atoms with Gasteiger partial charge in [0.1, 0.15) is 0 Å². The van der Waals surface area contributed by atoms with Gasteiger partial charge in [-0.1, -0.05) is 77.6 Å². The molecule has 130 valence electrons. The summed E-state index contributed by atoms with van der Waals surface area (Å²) in [6, 6.07) is 3.33. The van der Waals surface area contributed by atoms with Crippen molar-refractivity contribution in [3.8, 4) is 0 Å². The van der Waals surface area contributed by atoms with Crippen molar-refractivity contribution in [3.05, 3.63) is 29.6 Å². The number of aryl methyl sites for hydroxylation is 1. The summed E-state index contributed by atoms with van der Waals surface area (Å²) >= 11 is 0. The van der Waals surface area contributed by atoms with E-state index in [9.17, 15) is 4.79 Å². The van der Waals surface area contributed by atoms with Gasteiger partial charge >= 0.3 is 5.97 Å². The highest BCUT2D eigenvalue weighted by molar-refractivity contribution is 5.88. The third kappa shape index (κ3) is 9.37. The maximum Gasteiger partial charge on any atom is 0.337 e. The minimum absolute atomic E-state index is 0.357. The maximum atomic E-state index is 11.1. The quantitative estimate of drug-likeness (QED) is 0.426. The molecule has 0 fully saturated rings. The van der Waals surface area contributed by atoms with Crippen molar-refractivity contribution in [1.29, 1.82) is 0 Å². The molecule has 0 spiro atoms. The number of pyridine rings is 1. The molecule has 0 saturated carbocycles. The van der Waals surface area contributed by atoms with Gasteiger partial charge in [-0.15, -0.1) is 0 Å². The highest BCUT2D eigenvalue weighted by Crippen LogP contribution is 2.14. The average molecular weight is 319 g/mol. The van der Waals surface area contributed by atoms with Crippen molar-refractivity contribution >= 4 is 5.97 Å². The number of nitrogens with zero attached hydrogens (tertiary/aromatic N) is 1. The van der Waals surface area contributed by atoms with Crippen LogP contribution in [0.3, 0.4) is 0 Å². The molecule has 0 unspecified atom stereocenters. The molecule has 23 heavy (non-hydrogen) atoms. The van der Waals surface area contributed by atoms with E-state index in [2.05, 4.69) is 11.9 Å². The number of hydrogen-bond acceptors (Lipinski definition) is 2. The van der Waals surface area contributed by atoms with Crippen molar-refractivity contribution in [2.75, 3.05) is 0 Å². The first-order valence-corrected chi connectivity index (χ1v) is 9.43. The maximum absolute atomic E-state index is 11.1. The Kier molecular flexibility index (Phi) is 11.2. The first kappa shape index (κ1) is 19.7. The molecule has 0 bridgehead atoms. The van der Waals surface area contributed by atoms with E-state index < -0.39 is 5.97 Å². The van der Waals surface area contributed by atoms with Crippen LogP contribution in [0.4, 0.5) is 0 Å². The van der Waals surface area contributed by atoms with E-state index in [4.69, 9.17) is 5.11 Å². The van der Waals surface area contributed by atoms with Crippen molar-refractivity contribution in [2.45, 2.75) is 90.4 Å². The van der Waals surface area contributed by atoms with Crippen LogP contribution in [0.5, 0.6) is 0 Å². The number of hydrogen-bond donors (Lipinski definition) is 1. The molecule has 1 rings (SSSR count). The molecule has 0 aliphatic carbocycles. The molecule has 1 aromatic heterocycles. The van der Waals surface area contributed by atoms with Crippen LogP contribution in [-0.2, 0) is 6.42 Å². The molecular formula is C20H33NO2. The van der Waals surface area contributed by atoms with E-state index in [-0.39, 0.29) is 0 Å². The van der Waals surface area contributed by atoms with Gasteiger partial charge < -0.3 is 5.11 Å². The fraction of sp³-hybridized carbons (Fsp3) is 0.700. The van der Waals surface area contributed by atoms with Crippen LogP contribution < -0.4 is 0 Å². The minimum Gasteiger partial charge on any atom is -0.478 e. The van der Waals surface area contributed by atoms with E-state index in [0.717, 1.165) is 18.5 Å². The molecule has 1 N–H and O–H groups in total. The summed E-state index contributed by atoms with van der Waals surface area (Å²) in [5.74, 6) is -0.868. The first-order chi connectivity index (χ1) is 11.3. The lowest BCUT2D eigenvalue weighted by molar-refractivity contribution is 0.0695. The predicted octanol–water partition coefficient (Wildman–Crippen LogP) is 6.02. The summed E-state index contributed by atoms with van der Waals surface area (Å²) < 4.78 is 0. The van der Waals surface area contributed by atoms with Crippen LogP contribution >= 0.6 is 0 Å². The molecule has 3 heteroatoms. The molecule has 0 saturated heterocycles. The first-order valence-electron chi connectivity index (χ1n) is 9.43. The minimum atomic E-state index is -0.868.